The normalized spacial score (nSPS) is 12.6. The third-order valence-electron chi connectivity index (χ3n) is 7.67. The fourth-order valence-corrected chi connectivity index (χ4v) is 5.41. The largest absolute Gasteiger partial charge is 0.441 e. The van der Waals surface area contributed by atoms with Crippen molar-refractivity contribution in [3.05, 3.63) is 74.7 Å². The van der Waals surface area contributed by atoms with Crippen LogP contribution in [0.15, 0.2) is 52.3 Å². The molecule has 3 aromatic heterocycles. The number of aryl methyl sites for hydroxylation is 1. The van der Waals surface area contributed by atoms with Gasteiger partial charge in [0.05, 0.1) is 69.0 Å². The van der Waals surface area contributed by atoms with E-state index in [-0.39, 0.29) is 51.2 Å². The van der Waals surface area contributed by atoms with Crippen LogP contribution in [0.5, 0.6) is 0 Å². The highest BCUT2D eigenvalue weighted by Crippen LogP contribution is 2.33. The van der Waals surface area contributed by atoms with Gasteiger partial charge >= 0.3 is 17.8 Å². The van der Waals surface area contributed by atoms with Gasteiger partial charge < -0.3 is 18.9 Å². The van der Waals surface area contributed by atoms with Crippen LogP contribution in [0.4, 0.5) is 13.2 Å². The van der Waals surface area contributed by atoms with E-state index in [0.717, 1.165) is 12.1 Å². The van der Waals surface area contributed by atoms with Crippen LogP contribution in [-0.2, 0) is 49.6 Å². The minimum atomic E-state index is -4.48. The van der Waals surface area contributed by atoms with Gasteiger partial charge in [0.2, 0.25) is 0 Å². The molecule has 48 heavy (non-hydrogen) atoms. The zero-order valence-corrected chi connectivity index (χ0v) is 27.6. The summed E-state index contributed by atoms with van der Waals surface area (Å²) in [5, 5.41) is 4.38. The average Bonchev–Trinajstić information content (AvgIpc) is 3.68. The fraction of sp³-hybridized carbons (Fsp3) is 0.515. The minimum Gasteiger partial charge on any atom is -0.441 e. The number of fused-ring (bicyclic) bond motifs is 1. The van der Waals surface area contributed by atoms with Crippen molar-refractivity contribution in [3.63, 3.8) is 0 Å². The van der Waals surface area contributed by atoms with Crippen molar-refractivity contribution in [2.75, 3.05) is 40.1 Å². The van der Waals surface area contributed by atoms with Crippen molar-refractivity contribution in [2.45, 2.75) is 72.1 Å². The van der Waals surface area contributed by atoms with Crippen molar-refractivity contribution >= 4 is 17.0 Å². The maximum atomic E-state index is 13.9. The summed E-state index contributed by atoms with van der Waals surface area (Å²) in [4.78, 5) is 40.3. The van der Waals surface area contributed by atoms with Gasteiger partial charge in [-0.25, -0.2) is 4.79 Å². The Morgan fingerprint density at radius 1 is 0.979 bits per heavy atom. The Kier molecular flexibility index (Phi) is 12.8. The van der Waals surface area contributed by atoms with Crippen molar-refractivity contribution in [3.8, 4) is 11.3 Å². The number of halogens is 3. The van der Waals surface area contributed by atoms with E-state index in [4.69, 9.17) is 18.9 Å². The van der Waals surface area contributed by atoms with Crippen LogP contribution < -0.4 is 11.2 Å². The molecule has 15 heteroatoms. The molecule has 262 valence electrons. The zero-order valence-electron chi connectivity index (χ0n) is 27.6. The van der Waals surface area contributed by atoms with E-state index in [9.17, 15) is 27.6 Å². The molecular formula is C33H42F3N5O7. The molecule has 1 atom stereocenters. The fourth-order valence-electron chi connectivity index (χ4n) is 5.41. The molecule has 0 aliphatic heterocycles. The first kappa shape index (κ1) is 36.6. The number of carbonyl (C=O) groups excluding carboxylic acids is 1. The number of aromatic nitrogens is 5. The molecular weight excluding hydrogens is 635 g/mol. The highest BCUT2D eigenvalue weighted by atomic mass is 19.4. The maximum absolute atomic E-state index is 13.9. The van der Waals surface area contributed by atoms with Gasteiger partial charge in [0.25, 0.3) is 5.56 Å². The second kappa shape index (κ2) is 16.8. The van der Waals surface area contributed by atoms with Crippen LogP contribution in [0.1, 0.15) is 57.4 Å². The van der Waals surface area contributed by atoms with Gasteiger partial charge in [-0.05, 0) is 37.1 Å². The number of nitrogens with zero attached hydrogens (tertiary/aromatic N) is 5. The Balaban J connectivity index is 1.69. The number of hydrogen-bond donors (Lipinski definition) is 0. The van der Waals surface area contributed by atoms with Gasteiger partial charge in [0.1, 0.15) is 5.52 Å². The van der Waals surface area contributed by atoms with Crippen LogP contribution in [0.25, 0.3) is 22.3 Å². The number of alkyl halides is 3. The lowest BCUT2D eigenvalue weighted by atomic mass is 10.1. The van der Waals surface area contributed by atoms with Crippen molar-refractivity contribution in [1.82, 2.24) is 23.5 Å². The Morgan fingerprint density at radius 2 is 1.71 bits per heavy atom. The van der Waals surface area contributed by atoms with E-state index in [1.807, 2.05) is 6.92 Å². The second-order valence-corrected chi connectivity index (χ2v) is 11.1. The SMILES string of the molecule is CCCn1c(=O)c2c(cc(-c3cnn(Cc4cccc(C(F)(F)F)c4)c3)n2C(CC)OC(=O)CCOCCOCCOC)n(CC)c1=O. The first-order chi connectivity index (χ1) is 23.0. The summed E-state index contributed by atoms with van der Waals surface area (Å²) < 4.78 is 67.4. The molecule has 0 radical (unpaired) electrons. The van der Waals surface area contributed by atoms with E-state index < -0.39 is 35.2 Å². The molecule has 1 aromatic carbocycles. The number of carbonyl (C=O) groups is 1. The molecule has 0 spiro atoms. The molecule has 4 aromatic rings. The highest BCUT2D eigenvalue weighted by molar-refractivity contribution is 5.84. The molecule has 0 saturated carbocycles. The second-order valence-electron chi connectivity index (χ2n) is 11.1. The molecule has 0 saturated heterocycles. The van der Waals surface area contributed by atoms with Crippen LogP contribution in [-0.4, -0.2) is 69.6 Å². The molecule has 0 aliphatic rings. The monoisotopic (exact) mass is 677 g/mol. The van der Waals surface area contributed by atoms with Crippen LogP contribution in [0, 0.1) is 0 Å². The van der Waals surface area contributed by atoms with Gasteiger partial charge in [-0.2, -0.15) is 18.3 Å². The summed E-state index contributed by atoms with van der Waals surface area (Å²) in [6.07, 6.45) is -1.46. The van der Waals surface area contributed by atoms with Crippen molar-refractivity contribution in [2.24, 2.45) is 0 Å². The summed E-state index contributed by atoms with van der Waals surface area (Å²) in [6, 6.07) is 6.68. The molecule has 3 heterocycles. The molecule has 0 aliphatic carbocycles. The first-order valence-corrected chi connectivity index (χ1v) is 15.9. The number of hydrogen-bond acceptors (Lipinski definition) is 8. The Bertz CT molecular complexity index is 1790. The number of benzene rings is 1. The van der Waals surface area contributed by atoms with Gasteiger partial charge in [-0.1, -0.05) is 26.0 Å². The van der Waals surface area contributed by atoms with Gasteiger partial charge in [-0.15, -0.1) is 0 Å². The molecule has 0 bridgehead atoms. The third-order valence-corrected chi connectivity index (χ3v) is 7.67. The van der Waals surface area contributed by atoms with E-state index in [2.05, 4.69) is 5.10 Å². The van der Waals surface area contributed by atoms with Gasteiger partial charge in [0, 0.05) is 38.4 Å². The minimum absolute atomic E-state index is 0.0439. The molecule has 12 nitrogen and oxygen atoms in total. The smallest absolute Gasteiger partial charge is 0.416 e. The number of esters is 1. The Morgan fingerprint density at radius 3 is 2.38 bits per heavy atom. The first-order valence-electron chi connectivity index (χ1n) is 15.9. The number of ether oxygens (including phenoxy) is 4. The quantitative estimate of drug-likeness (QED) is 0.108. The average molecular weight is 678 g/mol. The van der Waals surface area contributed by atoms with E-state index in [1.165, 1.54) is 26.1 Å². The lowest BCUT2D eigenvalue weighted by Crippen LogP contribution is -2.40. The van der Waals surface area contributed by atoms with Crippen molar-refractivity contribution < 1.29 is 36.9 Å². The summed E-state index contributed by atoms with van der Waals surface area (Å²) in [6.45, 7) is 7.63. The number of rotatable bonds is 18. The Hall–Kier alpha value is -4.21. The van der Waals surface area contributed by atoms with Gasteiger partial charge in [0.15, 0.2) is 6.23 Å². The van der Waals surface area contributed by atoms with Crippen LogP contribution in [0.2, 0.25) is 0 Å². The molecule has 0 amide bonds. The number of methoxy groups -OCH3 is 1. The predicted octanol–water partition coefficient (Wildman–Crippen LogP) is 4.85. The summed E-state index contributed by atoms with van der Waals surface area (Å²) >= 11 is 0. The molecule has 0 N–H and O–H groups in total. The highest BCUT2D eigenvalue weighted by Gasteiger charge is 2.30. The van der Waals surface area contributed by atoms with Crippen LogP contribution >= 0.6 is 0 Å². The van der Waals surface area contributed by atoms with Gasteiger partial charge in [-0.3, -0.25) is 28.0 Å². The van der Waals surface area contributed by atoms with E-state index in [1.54, 1.807) is 43.9 Å². The van der Waals surface area contributed by atoms with E-state index in [0.29, 0.717) is 48.6 Å². The maximum Gasteiger partial charge on any atom is 0.416 e. The van der Waals surface area contributed by atoms with Crippen molar-refractivity contribution in [1.29, 1.82) is 0 Å². The third kappa shape index (κ3) is 8.62. The summed E-state index contributed by atoms with van der Waals surface area (Å²) in [7, 11) is 1.58. The standard InChI is InChI=1S/C33H42F3N5O7/c1-5-12-40-31(43)30-27(39(7-3)32(40)44)19-26(24-20-37-38(22-24)21-23-9-8-10-25(18-23)33(34,35)36)41(30)28(6-2)48-29(42)11-13-46-16-17-47-15-14-45-4/h8-10,18-20,22,28H,5-7,11-17,21H2,1-4H3. The predicted molar refractivity (Wildman–Crippen MR) is 172 cm³/mol. The molecule has 1 unspecified atom stereocenters. The molecule has 0 fully saturated rings. The zero-order chi connectivity index (χ0) is 34.8. The lowest BCUT2D eigenvalue weighted by molar-refractivity contribution is -0.155. The Labute approximate surface area is 275 Å². The molecule has 4 rings (SSSR count). The topological polar surface area (TPSA) is 121 Å². The van der Waals surface area contributed by atoms with E-state index >= 15 is 0 Å². The lowest BCUT2D eigenvalue weighted by Gasteiger charge is -2.22. The van der Waals surface area contributed by atoms with Crippen LogP contribution in [0.3, 0.4) is 0 Å². The summed E-state index contributed by atoms with van der Waals surface area (Å²) in [5.74, 6) is -0.548. The summed E-state index contributed by atoms with van der Waals surface area (Å²) in [5.41, 5.74) is 0.192.